The normalized spacial score (nSPS) is 14.4. The fourth-order valence-corrected chi connectivity index (χ4v) is 1.62. The van der Waals surface area contributed by atoms with Crippen molar-refractivity contribution in [3.63, 3.8) is 0 Å². The van der Waals surface area contributed by atoms with Crippen molar-refractivity contribution in [2.24, 2.45) is 0 Å². The average Bonchev–Trinajstić information content (AvgIpc) is 2.25. The molecule has 0 aliphatic heterocycles. The summed E-state index contributed by atoms with van der Waals surface area (Å²) in [5.74, 6) is -2.12. The van der Waals surface area contributed by atoms with E-state index in [0.717, 1.165) is 12.8 Å². The molecule has 6 radical (unpaired) electrons. The number of carbonyl (C=O) groups is 1. The molecule has 2 N–H and O–H groups in total. The molecule has 0 amide bonds. The maximum atomic E-state index is 10.8. The molecule has 0 fully saturated rings. The van der Waals surface area contributed by atoms with Crippen LogP contribution in [0.5, 0.6) is 0 Å². The second kappa shape index (κ2) is 7.27. The summed E-state index contributed by atoms with van der Waals surface area (Å²) in [7, 11) is 16.7. The molecule has 96 valence electrons. The maximum absolute atomic E-state index is 10.8. The van der Waals surface area contributed by atoms with Gasteiger partial charge in [-0.3, -0.25) is 4.79 Å². The predicted molar refractivity (Wildman–Crippen MR) is 77.6 cm³/mol. The highest BCUT2D eigenvalue weighted by Gasteiger charge is 2.32. The minimum Gasteiger partial charge on any atom is -0.482 e. The third-order valence-electron chi connectivity index (χ3n) is 3.19. The first-order valence-corrected chi connectivity index (χ1v) is 6.45. The Morgan fingerprint density at radius 3 is 2.33 bits per heavy atom. The lowest BCUT2D eigenvalue weighted by Crippen LogP contribution is -2.44. The Labute approximate surface area is 115 Å². The van der Waals surface area contributed by atoms with Gasteiger partial charge in [-0.2, -0.15) is 0 Å². The fourth-order valence-electron chi connectivity index (χ4n) is 1.62. The van der Waals surface area contributed by atoms with Crippen LogP contribution in [-0.4, -0.2) is 46.7 Å². The van der Waals surface area contributed by atoms with Crippen LogP contribution in [0.15, 0.2) is 0 Å². The van der Waals surface area contributed by atoms with Crippen LogP contribution in [-0.2, 0) is 4.79 Å². The number of hydrogen-bond donors (Lipinski definition) is 2. The lowest BCUT2D eigenvalue weighted by atomic mass is 9.43. The highest BCUT2D eigenvalue weighted by molar-refractivity contribution is 6.53. The van der Waals surface area contributed by atoms with Crippen LogP contribution in [0.3, 0.4) is 0 Å². The summed E-state index contributed by atoms with van der Waals surface area (Å²) >= 11 is 0. The molecule has 0 rings (SSSR count). The van der Waals surface area contributed by atoms with E-state index in [2.05, 4.69) is 26.1 Å². The van der Waals surface area contributed by atoms with E-state index in [1.807, 2.05) is 0 Å². The molecule has 18 heavy (non-hydrogen) atoms. The zero-order chi connectivity index (χ0) is 14.4. The van der Waals surface area contributed by atoms with Crippen LogP contribution in [0.2, 0.25) is 11.0 Å². The molecule has 1 atom stereocenters. The first-order valence-electron chi connectivity index (χ1n) is 6.45. The zero-order valence-electron chi connectivity index (χ0n) is 11.7. The van der Waals surface area contributed by atoms with Crippen molar-refractivity contribution in [2.45, 2.75) is 63.0 Å². The highest BCUT2D eigenvalue weighted by Crippen LogP contribution is 2.30. The maximum Gasteiger partial charge on any atom is 0.291 e. The molecule has 6 heteroatoms. The smallest absolute Gasteiger partial charge is 0.291 e. The summed E-state index contributed by atoms with van der Waals surface area (Å²) in [6.45, 7) is 6.55. The van der Waals surface area contributed by atoms with E-state index in [9.17, 15) is 4.79 Å². The minimum absolute atomic E-state index is 0.0959. The third kappa shape index (κ3) is 5.99. The molecule has 0 spiro atoms. The van der Waals surface area contributed by atoms with Gasteiger partial charge in [-0.05, 0) is 32.0 Å². The molecule has 0 heterocycles. The largest absolute Gasteiger partial charge is 0.482 e. The topological polar surface area (TPSA) is 49.3 Å². The van der Waals surface area contributed by atoms with Crippen molar-refractivity contribution in [3.8, 4) is 0 Å². The first kappa shape index (κ1) is 17.6. The lowest BCUT2D eigenvalue weighted by molar-refractivity contribution is -0.138. The Hall–Kier alpha value is -0.375. The summed E-state index contributed by atoms with van der Waals surface area (Å²) in [4.78, 5) is 10.8. The van der Waals surface area contributed by atoms with Gasteiger partial charge in [0, 0.05) is 5.54 Å². The molecule has 0 aromatic heterocycles. The first-order chi connectivity index (χ1) is 8.13. The Morgan fingerprint density at radius 2 is 1.89 bits per heavy atom. The number of rotatable bonds is 9. The van der Waals surface area contributed by atoms with Gasteiger partial charge >= 0.3 is 0 Å². The Morgan fingerprint density at radius 1 is 1.33 bits per heavy atom. The Balaban J connectivity index is 4.18. The van der Waals surface area contributed by atoms with E-state index in [0.29, 0.717) is 0 Å². The van der Waals surface area contributed by atoms with E-state index in [1.54, 1.807) is 0 Å². The van der Waals surface area contributed by atoms with Crippen LogP contribution >= 0.6 is 0 Å². The van der Waals surface area contributed by atoms with Crippen molar-refractivity contribution >= 4 is 29.5 Å². The number of nitrogens with one attached hydrogen (secondary N) is 1. The van der Waals surface area contributed by atoms with E-state index in [-0.39, 0.29) is 12.1 Å². The molecule has 3 nitrogen and oxygen atoms in total. The van der Waals surface area contributed by atoms with E-state index >= 15 is 0 Å². The zero-order valence-corrected chi connectivity index (χ0v) is 11.7. The van der Waals surface area contributed by atoms with Crippen molar-refractivity contribution < 1.29 is 9.90 Å². The van der Waals surface area contributed by atoms with Crippen LogP contribution in [0.4, 0.5) is 0 Å². The van der Waals surface area contributed by atoms with Crippen molar-refractivity contribution in [3.05, 3.63) is 0 Å². The molecule has 0 aliphatic carbocycles. The van der Waals surface area contributed by atoms with Gasteiger partial charge in [0.05, 0.1) is 23.5 Å². The van der Waals surface area contributed by atoms with Crippen LogP contribution in [0.1, 0.15) is 46.5 Å². The average molecular weight is 245 g/mol. The molecular weight excluding hydrogens is 223 g/mol. The summed E-state index contributed by atoms with van der Waals surface area (Å²) in [5, 5.41) is 10.2. The van der Waals surface area contributed by atoms with Gasteiger partial charge in [-0.1, -0.05) is 32.0 Å². The predicted octanol–water partition coefficient (Wildman–Crippen LogP) is 1.43. The molecule has 0 saturated heterocycles. The fraction of sp³-hybridized carbons (Fsp3) is 0.917. The van der Waals surface area contributed by atoms with Crippen molar-refractivity contribution in [1.29, 1.82) is 0 Å². The number of aliphatic carboxylic acids is 1. The molecule has 0 aromatic carbocycles. The van der Waals surface area contributed by atoms with Gasteiger partial charge in [-0.25, -0.2) is 0 Å². The minimum atomic E-state index is -1.90. The molecule has 0 aliphatic rings. The highest BCUT2D eigenvalue weighted by atomic mass is 16.4. The lowest BCUT2D eigenvalue weighted by Gasteiger charge is -2.34. The van der Waals surface area contributed by atoms with Gasteiger partial charge in [0.15, 0.2) is 0 Å². The van der Waals surface area contributed by atoms with Gasteiger partial charge in [0.2, 0.25) is 0 Å². The third-order valence-corrected chi connectivity index (χ3v) is 3.19. The quantitative estimate of drug-likeness (QED) is 0.477. The molecule has 0 aromatic rings. The Kier molecular flexibility index (Phi) is 7.12. The molecule has 0 bridgehead atoms. The van der Waals surface area contributed by atoms with Crippen LogP contribution in [0, 0.1) is 0 Å². The standard InChI is InChI=1S/C12H22B3NO2/c1-4-5-6-7-11(2,3)16-8-9(13)12(14,15)10(17)18/h9,16H,4-8H2,1-3H3,(H,17,18). The monoisotopic (exact) mass is 245 g/mol. The van der Waals surface area contributed by atoms with Crippen molar-refractivity contribution in [1.82, 2.24) is 5.32 Å². The van der Waals surface area contributed by atoms with E-state index in [1.165, 1.54) is 12.8 Å². The van der Waals surface area contributed by atoms with E-state index in [4.69, 9.17) is 28.6 Å². The van der Waals surface area contributed by atoms with Gasteiger partial charge in [0.1, 0.15) is 0 Å². The number of unbranched alkanes of at least 4 members (excludes halogenated alkanes) is 2. The summed E-state index contributed by atoms with van der Waals surface area (Å²) in [5.41, 5.74) is -0.0959. The molecule has 0 saturated carbocycles. The number of carboxylic acid groups (broad SMARTS) is 1. The second-order valence-corrected chi connectivity index (χ2v) is 5.57. The summed E-state index contributed by atoms with van der Waals surface area (Å²) in [6.07, 6.45) is 4.48. The summed E-state index contributed by atoms with van der Waals surface area (Å²) in [6, 6.07) is 0. The number of carboxylic acids is 1. The SMILES string of the molecule is [B]C(CNC(C)(C)CCCCC)C([B])([B])C(=O)O. The van der Waals surface area contributed by atoms with Crippen molar-refractivity contribution in [2.75, 3.05) is 6.54 Å². The Bertz CT molecular complexity index is 270. The summed E-state index contributed by atoms with van der Waals surface area (Å²) < 4.78 is 0. The van der Waals surface area contributed by atoms with Crippen LogP contribution < -0.4 is 5.32 Å². The second-order valence-electron chi connectivity index (χ2n) is 5.57. The van der Waals surface area contributed by atoms with Gasteiger partial charge < -0.3 is 10.4 Å². The van der Waals surface area contributed by atoms with E-state index < -0.39 is 17.0 Å². The van der Waals surface area contributed by atoms with Gasteiger partial charge in [-0.15, -0.1) is 0 Å². The molecule has 1 unspecified atom stereocenters. The van der Waals surface area contributed by atoms with Gasteiger partial charge in [0.25, 0.3) is 5.97 Å². The molecular formula is C12H22B3NO2. The number of hydrogen-bond acceptors (Lipinski definition) is 2. The van der Waals surface area contributed by atoms with Crippen LogP contribution in [0.25, 0.3) is 0 Å².